The first-order valence-corrected chi connectivity index (χ1v) is 38.4. The van der Waals surface area contributed by atoms with Gasteiger partial charge in [0.1, 0.15) is 0 Å². The fourth-order valence-corrected chi connectivity index (χ4v) is 28.2. The summed E-state index contributed by atoms with van der Waals surface area (Å²) in [6, 6.07) is 19.9. The maximum Gasteiger partial charge on any atom is 1.00 e. The zero-order valence-electron chi connectivity index (χ0n) is 63.6. The van der Waals surface area contributed by atoms with Crippen molar-refractivity contribution in [2.24, 2.45) is 20.0 Å². The minimum atomic E-state index is -1.06. The Bertz CT molecular complexity index is 2770. The molecule has 0 amide bonds. The van der Waals surface area contributed by atoms with Crippen LogP contribution in [-0.2, 0) is 65.0 Å². The quantitative estimate of drug-likeness (QED) is 0.173. The molecule has 2 fully saturated rings. The van der Waals surface area contributed by atoms with Gasteiger partial charge in [-0.3, -0.25) is 20.0 Å². The Kier molecular flexibility index (Phi) is 29.2. The van der Waals surface area contributed by atoms with Gasteiger partial charge in [-0.2, -0.15) is 0 Å². The van der Waals surface area contributed by atoms with Gasteiger partial charge >= 0.3 is 207 Å². The van der Waals surface area contributed by atoms with Crippen molar-refractivity contribution < 1.29 is 207 Å². The molecule has 88 heavy (non-hydrogen) atoms. The SMILES string of the molecule is CC(C)(C)c1cc(C(C)(C)C)c(N=C2[P-]C(=Nc3c(C(C)(C)C)cc(C(C)(C)C)cc3C(C)(C)C)P2[P-]P2C(=Nc3c(C(C)(C)C)cc(C(C)(C)C)cc3C(C)(C)C)[P-]C2=Nc2c(C(C)(C)C)cc(C(C)(C)C)cc2C(C)(C)C)c(C(C)(C)C)c1.[Cs+].[Cs+].[Cs+]. The van der Waals surface area contributed by atoms with Crippen LogP contribution in [0.15, 0.2) is 68.5 Å². The van der Waals surface area contributed by atoms with Gasteiger partial charge in [0.05, 0.1) is 22.7 Å². The smallest absolute Gasteiger partial charge is 0.462 e. The summed E-state index contributed by atoms with van der Waals surface area (Å²) in [6.45, 7) is 85.2. The van der Waals surface area contributed by atoms with Crippen molar-refractivity contribution in [3.63, 3.8) is 0 Å². The number of benzene rings is 4. The van der Waals surface area contributed by atoms with E-state index >= 15 is 0 Å². The summed E-state index contributed by atoms with van der Waals surface area (Å²) in [7, 11) is 1.40. The third kappa shape index (κ3) is 21.0. The van der Waals surface area contributed by atoms with Gasteiger partial charge in [0, 0.05) is 0 Å². The van der Waals surface area contributed by atoms with Gasteiger partial charge in [0.15, 0.2) is 0 Å². The van der Waals surface area contributed by atoms with Crippen LogP contribution in [0.2, 0.25) is 0 Å². The van der Waals surface area contributed by atoms with Crippen molar-refractivity contribution in [1.29, 1.82) is 0 Å². The van der Waals surface area contributed by atoms with Crippen molar-refractivity contribution in [3.05, 3.63) is 115 Å². The Morgan fingerprint density at radius 2 is 0.352 bits per heavy atom. The second kappa shape index (κ2) is 29.8. The number of nitrogens with zero attached hydrogens (tertiary/aromatic N) is 4. The van der Waals surface area contributed by atoms with Crippen molar-refractivity contribution >= 4 is 83.9 Å². The molecule has 0 saturated carbocycles. The van der Waals surface area contributed by atoms with Crippen molar-refractivity contribution in [2.75, 3.05) is 0 Å². The van der Waals surface area contributed by atoms with E-state index in [9.17, 15) is 0 Å². The van der Waals surface area contributed by atoms with Crippen LogP contribution in [0.1, 0.15) is 316 Å². The first-order chi connectivity index (χ1) is 37.7. The maximum absolute atomic E-state index is 6.14. The molecule has 0 bridgehead atoms. The van der Waals surface area contributed by atoms with Crippen LogP contribution in [0.3, 0.4) is 0 Å². The van der Waals surface area contributed by atoms with Crippen LogP contribution in [0.25, 0.3) is 0 Å². The molecule has 2 aliphatic heterocycles. The molecule has 12 heteroatoms. The average Bonchev–Trinajstić information content (AvgIpc) is 3.26. The minimum Gasteiger partial charge on any atom is -0.462 e. The van der Waals surface area contributed by atoms with E-state index in [1.807, 2.05) is 0 Å². The summed E-state index contributed by atoms with van der Waals surface area (Å²) in [4.78, 5) is 24.5. The Morgan fingerprint density at radius 1 is 0.227 bits per heavy atom. The fourth-order valence-electron chi connectivity index (χ4n) is 10.7. The van der Waals surface area contributed by atoms with E-state index in [0.717, 1.165) is 39.9 Å². The summed E-state index contributed by atoms with van der Waals surface area (Å²) in [5.74, 6) is 0. The van der Waals surface area contributed by atoms with Gasteiger partial charge in [-0.15, -0.1) is 20.8 Å². The zero-order chi connectivity index (χ0) is 65.3. The topological polar surface area (TPSA) is 49.4 Å². The molecular weight excluding hydrogens is 1520 g/mol. The summed E-state index contributed by atoms with van der Waals surface area (Å²) >= 11 is 0. The third-order valence-electron chi connectivity index (χ3n) is 16.6. The molecule has 2 aliphatic rings. The van der Waals surface area contributed by atoms with Crippen LogP contribution < -0.4 is 207 Å². The second-order valence-electron chi connectivity index (χ2n) is 37.3. The third-order valence-corrected chi connectivity index (χ3v) is 32.1. The molecule has 0 spiro atoms. The van der Waals surface area contributed by atoms with Gasteiger partial charge in [-0.25, -0.2) is 15.2 Å². The van der Waals surface area contributed by atoms with E-state index in [-0.39, 0.29) is 272 Å². The van der Waals surface area contributed by atoms with Crippen LogP contribution in [-0.4, -0.2) is 20.8 Å². The van der Waals surface area contributed by atoms with Crippen molar-refractivity contribution in [1.82, 2.24) is 0 Å². The van der Waals surface area contributed by atoms with E-state index in [1.165, 1.54) is 95.5 Å². The molecule has 2 saturated heterocycles. The molecule has 6 rings (SSSR count). The summed E-state index contributed by atoms with van der Waals surface area (Å²) in [5, 5.41) is 5.00. The van der Waals surface area contributed by atoms with E-state index in [2.05, 4.69) is 298 Å². The van der Waals surface area contributed by atoms with Crippen LogP contribution in [0.5, 0.6) is 0 Å². The summed E-state index contributed by atoms with van der Waals surface area (Å²) in [6.07, 6.45) is 0. The van der Waals surface area contributed by atoms with Crippen molar-refractivity contribution in [2.45, 2.75) is 314 Å². The van der Waals surface area contributed by atoms with Crippen molar-refractivity contribution in [3.8, 4) is 0 Å². The van der Waals surface area contributed by atoms with E-state index < -0.39 is 15.2 Å². The predicted octanol–water partition coefficient (Wildman–Crippen LogP) is 18.0. The Labute approximate surface area is 726 Å². The molecule has 0 N–H and O–H groups in total. The number of hydrogen-bond acceptors (Lipinski definition) is 4. The molecule has 4 nitrogen and oxygen atoms in total. The predicted molar refractivity (Wildman–Crippen MR) is 393 cm³/mol. The van der Waals surface area contributed by atoms with Crippen LogP contribution in [0, 0.1) is 0 Å². The molecule has 0 atom stereocenters. The Balaban J connectivity index is 0.00000675. The molecule has 2 heterocycles. The average molecular weight is 1640 g/mol. The van der Waals surface area contributed by atoms with Gasteiger partial charge < -0.3 is 25.1 Å². The molecule has 0 unspecified atom stereocenters. The Morgan fingerprint density at radius 3 is 0.455 bits per heavy atom. The van der Waals surface area contributed by atoms with E-state index in [1.54, 1.807) is 0 Å². The van der Waals surface area contributed by atoms with E-state index in [0.29, 0.717) is 0 Å². The molecule has 0 aromatic heterocycles. The molecule has 4 aromatic carbocycles. The molecule has 4 aromatic rings. The molecular formula is C76H116Cs3N4P5. The monoisotopic (exact) mass is 1640 g/mol. The minimum absolute atomic E-state index is 0. The maximum atomic E-state index is 6.14. The van der Waals surface area contributed by atoms with Gasteiger partial charge in [-0.05, 0) is 132 Å². The standard InChI is InChI=1S/C76H116N4P5.3Cs/c1-65(2,3)45-37-49(69(13,14)15)57(50(38-45)70(16,17)18)77-61-81-62(78-58-51(71(19,20)21)39-46(66(4,5)6)40-52(58)72(22,23)24)84(61)83-85-63(79-59-53(73(25,26)27)41-47(67(7,8)9)42-54(59)74(28,29)30)82-64(85)80-60-55(75(31,32)33)43-48(68(10,11)12)44-56(60)76(34,35)36;;;/h37-44H,1-36H3;;;/q-3;3*+1. The normalized spacial score (nSPS) is 19.6. The molecule has 0 radical (unpaired) electrons. The number of rotatable bonds is 6. The van der Waals surface area contributed by atoms with Gasteiger partial charge in [0.25, 0.3) is 0 Å². The van der Waals surface area contributed by atoms with Gasteiger partial charge in [0.2, 0.25) is 0 Å². The number of hydrogen-bond donors (Lipinski definition) is 0. The Hall–Kier alpha value is 3.87. The molecule has 0 aliphatic carbocycles. The second-order valence-corrected chi connectivity index (χ2v) is 48.5. The van der Waals surface area contributed by atoms with Gasteiger partial charge in [-0.1, -0.05) is 298 Å². The number of aliphatic imine (C=N–C) groups is 4. The largest absolute Gasteiger partial charge is 1.00 e. The summed E-state index contributed by atoms with van der Waals surface area (Å²) < 4.78 is 0. The first-order valence-electron chi connectivity index (χ1n) is 31.6. The van der Waals surface area contributed by atoms with Crippen LogP contribution in [0.4, 0.5) is 22.7 Å². The zero-order valence-corrected chi connectivity index (χ0v) is 87.0. The van der Waals surface area contributed by atoms with Crippen LogP contribution >= 0.6 is 40.3 Å². The van der Waals surface area contributed by atoms with E-state index in [4.69, 9.17) is 20.0 Å². The summed E-state index contributed by atoms with van der Waals surface area (Å²) in [5.41, 5.74) is 19.3. The fraction of sp³-hybridized carbons (Fsp3) is 0.632. The molecule has 468 valence electrons. The first kappa shape index (κ1) is 86.1.